The molecule has 30 heavy (non-hydrogen) atoms. The van der Waals surface area contributed by atoms with Crippen molar-refractivity contribution in [2.45, 2.75) is 66.2 Å². The van der Waals surface area contributed by atoms with Gasteiger partial charge in [0.25, 0.3) is 0 Å². The molecule has 2 heteroatoms. The Morgan fingerprint density at radius 3 is 1.13 bits per heavy atom. The molecule has 0 saturated heterocycles. The SMILES string of the molecule is Cc1cc(C(C)(C)c2cc(C)c(C(C)(C)c3ccc(O)c(C)c3)cc2C)ccc1O. The molecule has 0 aliphatic rings. The summed E-state index contributed by atoms with van der Waals surface area (Å²) < 4.78 is 0. The van der Waals surface area contributed by atoms with Crippen LogP contribution in [0.25, 0.3) is 0 Å². The molecular formula is C28H34O2. The van der Waals surface area contributed by atoms with Crippen LogP contribution in [0.1, 0.15) is 72.2 Å². The van der Waals surface area contributed by atoms with Gasteiger partial charge in [-0.25, -0.2) is 0 Å². The van der Waals surface area contributed by atoms with E-state index in [2.05, 4.69) is 65.8 Å². The van der Waals surface area contributed by atoms with Gasteiger partial charge in [-0.15, -0.1) is 0 Å². The molecule has 0 saturated carbocycles. The van der Waals surface area contributed by atoms with Crippen molar-refractivity contribution in [2.75, 3.05) is 0 Å². The van der Waals surface area contributed by atoms with Crippen molar-refractivity contribution in [3.05, 3.63) is 93.0 Å². The first kappa shape index (κ1) is 22.0. The summed E-state index contributed by atoms with van der Waals surface area (Å²) in [5.74, 6) is 0.674. The van der Waals surface area contributed by atoms with Crippen molar-refractivity contribution in [3.8, 4) is 11.5 Å². The normalized spacial score (nSPS) is 12.3. The minimum absolute atomic E-state index is 0.175. The van der Waals surface area contributed by atoms with Crippen molar-refractivity contribution < 1.29 is 10.2 Å². The smallest absolute Gasteiger partial charge is 0.118 e. The fourth-order valence-corrected chi connectivity index (χ4v) is 4.56. The first-order valence-electron chi connectivity index (χ1n) is 10.6. The molecule has 0 aromatic heterocycles. The van der Waals surface area contributed by atoms with E-state index >= 15 is 0 Å². The van der Waals surface area contributed by atoms with Crippen LogP contribution >= 0.6 is 0 Å². The number of benzene rings is 3. The van der Waals surface area contributed by atoms with Gasteiger partial charge >= 0.3 is 0 Å². The van der Waals surface area contributed by atoms with Gasteiger partial charge in [0.15, 0.2) is 0 Å². The molecule has 0 radical (unpaired) electrons. The van der Waals surface area contributed by atoms with Crippen LogP contribution in [0.15, 0.2) is 48.5 Å². The molecule has 2 N–H and O–H groups in total. The predicted molar refractivity (Wildman–Crippen MR) is 126 cm³/mol. The third-order valence-corrected chi connectivity index (χ3v) is 6.76. The summed E-state index contributed by atoms with van der Waals surface area (Å²) in [7, 11) is 0. The summed E-state index contributed by atoms with van der Waals surface area (Å²) in [6.07, 6.45) is 0. The maximum atomic E-state index is 9.93. The molecular weight excluding hydrogens is 368 g/mol. The maximum Gasteiger partial charge on any atom is 0.118 e. The van der Waals surface area contributed by atoms with Gasteiger partial charge in [0.05, 0.1) is 0 Å². The summed E-state index contributed by atoms with van der Waals surface area (Å²) in [5.41, 5.74) is 8.95. The van der Waals surface area contributed by atoms with Crippen molar-refractivity contribution in [1.29, 1.82) is 0 Å². The van der Waals surface area contributed by atoms with Gasteiger partial charge in [-0.1, -0.05) is 64.1 Å². The van der Waals surface area contributed by atoms with E-state index in [4.69, 9.17) is 0 Å². The Balaban J connectivity index is 2.10. The number of hydrogen-bond acceptors (Lipinski definition) is 2. The fourth-order valence-electron chi connectivity index (χ4n) is 4.56. The highest BCUT2D eigenvalue weighted by molar-refractivity contribution is 5.52. The minimum atomic E-state index is -0.175. The quantitative estimate of drug-likeness (QED) is 0.494. The molecule has 158 valence electrons. The van der Waals surface area contributed by atoms with Gasteiger partial charge in [0, 0.05) is 10.8 Å². The molecule has 0 spiro atoms. The van der Waals surface area contributed by atoms with E-state index in [0.29, 0.717) is 11.5 Å². The highest BCUT2D eigenvalue weighted by atomic mass is 16.3. The molecule has 3 rings (SSSR count). The highest BCUT2D eigenvalue weighted by Crippen LogP contribution is 2.40. The van der Waals surface area contributed by atoms with Crippen LogP contribution < -0.4 is 0 Å². The van der Waals surface area contributed by atoms with Crippen LogP contribution in [0, 0.1) is 27.7 Å². The van der Waals surface area contributed by atoms with Gasteiger partial charge in [-0.05, 0) is 84.3 Å². The van der Waals surface area contributed by atoms with E-state index in [1.807, 2.05) is 26.0 Å². The summed E-state index contributed by atoms with van der Waals surface area (Å²) in [6.45, 7) is 17.2. The van der Waals surface area contributed by atoms with Crippen LogP contribution in [0.5, 0.6) is 11.5 Å². The largest absolute Gasteiger partial charge is 0.508 e. The second kappa shape index (κ2) is 7.50. The molecule has 0 bridgehead atoms. The molecule has 0 aliphatic heterocycles. The Hall–Kier alpha value is -2.74. The monoisotopic (exact) mass is 402 g/mol. The van der Waals surface area contributed by atoms with Gasteiger partial charge in [0.2, 0.25) is 0 Å². The lowest BCUT2D eigenvalue weighted by Gasteiger charge is -2.33. The molecule has 2 nitrogen and oxygen atoms in total. The van der Waals surface area contributed by atoms with Gasteiger partial charge in [-0.3, -0.25) is 0 Å². The van der Waals surface area contributed by atoms with E-state index < -0.39 is 0 Å². The standard InChI is InChI=1S/C28H34O2/c1-17-15-24(28(7,8)22-10-12-26(30)20(4)14-22)18(2)16-23(17)27(5,6)21-9-11-25(29)19(3)13-21/h9-16,29-30H,1-8H3. The van der Waals surface area contributed by atoms with Crippen LogP contribution in [-0.2, 0) is 10.8 Å². The fraction of sp³-hybridized carbons (Fsp3) is 0.357. The lowest BCUT2D eigenvalue weighted by molar-refractivity contribution is 0.469. The van der Waals surface area contributed by atoms with E-state index in [-0.39, 0.29) is 10.8 Å². The number of phenolic OH excluding ortho intramolecular Hbond substituents is 2. The number of aromatic hydroxyl groups is 2. The molecule has 3 aromatic rings. The number of phenols is 2. The van der Waals surface area contributed by atoms with Gasteiger partial charge < -0.3 is 10.2 Å². The molecule has 0 fully saturated rings. The lowest BCUT2D eigenvalue weighted by Crippen LogP contribution is -2.24. The lowest BCUT2D eigenvalue weighted by atomic mass is 9.71. The summed E-state index contributed by atoms with van der Waals surface area (Å²) in [5, 5.41) is 19.9. The molecule has 0 amide bonds. The summed E-state index contributed by atoms with van der Waals surface area (Å²) >= 11 is 0. The Morgan fingerprint density at radius 1 is 0.500 bits per heavy atom. The maximum absolute atomic E-state index is 9.93. The average Bonchev–Trinajstić information content (AvgIpc) is 2.67. The van der Waals surface area contributed by atoms with Gasteiger partial charge in [0.1, 0.15) is 11.5 Å². The van der Waals surface area contributed by atoms with Crippen molar-refractivity contribution in [1.82, 2.24) is 0 Å². The Bertz CT molecular complexity index is 1010. The molecule has 0 heterocycles. The van der Waals surface area contributed by atoms with Crippen molar-refractivity contribution in [2.24, 2.45) is 0 Å². The van der Waals surface area contributed by atoms with Gasteiger partial charge in [-0.2, -0.15) is 0 Å². The van der Waals surface area contributed by atoms with E-state index in [9.17, 15) is 10.2 Å². The zero-order valence-corrected chi connectivity index (χ0v) is 19.5. The van der Waals surface area contributed by atoms with E-state index in [1.165, 1.54) is 33.4 Å². The zero-order valence-electron chi connectivity index (χ0n) is 19.5. The van der Waals surface area contributed by atoms with Crippen molar-refractivity contribution in [3.63, 3.8) is 0 Å². The van der Waals surface area contributed by atoms with Crippen LogP contribution in [0.3, 0.4) is 0 Å². The van der Waals surface area contributed by atoms with Crippen LogP contribution in [0.2, 0.25) is 0 Å². The van der Waals surface area contributed by atoms with Crippen molar-refractivity contribution >= 4 is 0 Å². The van der Waals surface area contributed by atoms with E-state index in [0.717, 1.165) is 11.1 Å². The molecule has 0 atom stereocenters. The highest BCUT2D eigenvalue weighted by Gasteiger charge is 2.30. The minimum Gasteiger partial charge on any atom is -0.508 e. The first-order chi connectivity index (χ1) is 13.9. The second-order valence-corrected chi connectivity index (χ2v) is 9.73. The van der Waals surface area contributed by atoms with Crippen LogP contribution in [-0.4, -0.2) is 10.2 Å². The second-order valence-electron chi connectivity index (χ2n) is 9.73. The topological polar surface area (TPSA) is 40.5 Å². The third kappa shape index (κ3) is 3.71. The summed E-state index contributed by atoms with van der Waals surface area (Å²) in [6, 6.07) is 16.4. The Morgan fingerprint density at radius 2 is 0.833 bits per heavy atom. The molecule has 0 unspecified atom stereocenters. The zero-order chi connectivity index (χ0) is 22.4. The Labute approximate surface area is 181 Å². The Kier molecular flexibility index (Phi) is 5.49. The van der Waals surface area contributed by atoms with E-state index in [1.54, 1.807) is 12.1 Å². The summed E-state index contributed by atoms with van der Waals surface area (Å²) in [4.78, 5) is 0. The third-order valence-electron chi connectivity index (χ3n) is 6.76. The predicted octanol–water partition coefficient (Wildman–Crippen LogP) is 6.98. The number of rotatable bonds is 4. The number of aryl methyl sites for hydroxylation is 4. The molecule has 3 aromatic carbocycles. The number of hydrogen-bond donors (Lipinski definition) is 2. The molecule has 0 aliphatic carbocycles. The first-order valence-corrected chi connectivity index (χ1v) is 10.6. The average molecular weight is 403 g/mol. The van der Waals surface area contributed by atoms with Crippen LogP contribution in [0.4, 0.5) is 0 Å².